The number of urea groups is 1. The van der Waals surface area contributed by atoms with Gasteiger partial charge in [0, 0.05) is 18.7 Å². The van der Waals surface area contributed by atoms with Gasteiger partial charge in [0.15, 0.2) is 0 Å². The number of nitrogens with one attached hydrogen (secondary N) is 1. The summed E-state index contributed by atoms with van der Waals surface area (Å²) in [7, 11) is 0. The molecule has 1 N–H and O–H groups in total. The fourth-order valence-corrected chi connectivity index (χ4v) is 3.19. The third-order valence-electron chi connectivity index (χ3n) is 4.60. The fraction of sp³-hybridized carbons (Fsp3) is 0.318. The lowest BCUT2D eigenvalue weighted by Gasteiger charge is -2.32. The Balaban J connectivity index is 1.39. The van der Waals surface area contributed by atoms with E-state index in [1.165, 1.54) is 5.56 Å². The molecule has 0 spiro atoms. The maximum absolute atomic E-state index is 12.2. The van der Waals surface area contributed by atoms with Crippen molar-refractivity contribution >= 4 is 6.03 Å². The van der Waals surface area contributed by atoms with E-state index in [4.69, 9.17) is 0 Å². The second-order valence-corrected chi connectivity index (χ2v) is 6.45. The monoisotopic (exact) mass is 332 g/mol. The Labute approximate surface area is 150 Å². The van der Waals surface area contributed by atoms with Crippen LogP contribution in [0, 0.1) is 17.8 Å². The van der Waals surface area contributed by atoms with Gasteiger partial charge in [-0.2, -0.15) is 0 Å². The predicted molar refractivity (Wildman–Crippen MR) is 101 cm³/mol. The molecule has 0 atom stereocenters. The lowest BCUT2D eigenvalue weighted by Crippen LogP contribution is -2.44. The standard InChI is InChI=1S/C22H24N2O/c25-22(23-15-7-12-19-8-3-1-4-9-19)24-16-13-21(14-17-24)18-20-10-5-2-6-11-20/h1-6,8-11,21H,13-18H2,(H,23,25). The predicted octanol–water partition coefficient (Wildman–Crippen LogP) is 3.70. The number of nitrogens with zero attached hydrogens (tertiary/aromatic N) is 1. The second kappa shape index (κ2) is 8.94. The summed E-state index contributed by atoms with van der Waals surface area (Å²) < 4.78 is 0. The highest BCUT2D eigenvalue weighted by molar-refractivity contribution is 5.74. The molecule has 1 heterocycles. The van der Waals surface area contributed by atoms with Crippen LogP contribution in [0.4, 0.5) is 4.79 Å². The summed E-state index contributed by atoms with van der Waals surface area (Å²) in [6, 6.07) is 20.4. The van der Waals surface area contributed by atoms with Gasteiger partial charge < -0.3 is 10.2 Å². The van der Waals surface area contributed by atoms with E-state index >= 15 is 0 Å². The molecule has 1 fully saturated rings. The highest BCUT2D eigenvalue weighted by Gasteiger charge is 2.22. The van der Waals surface area contributed by atoms with E-state index in [1.807, 2.05) is 35.2 Å². The molecule has 2 aromatic carbocycles. The largest absolute Gasteiger partial charge is 0.327 e. The Morgan fingerprint density at radius 1 is 1.00 bits per heavy atom. The Bertz CT molecular complexity index is 723. The van der Waals surface area contributed by atoms with E-state index in [0.717, 1.165) is 37.9 Å². The maximum atomic E-state index is 12.2. The van der Waals surface area contributed by atoms with Crippen molar-refractivity contribution in [1.29, 1.82) is 0 Å². The molecule has 128 valence electrons. The van der Waals surface area contributed by atoms with Gasteiger partial charge in [0.25, 0.3) is 0 Å². The van der Waals surface area contributed by atoms with Crippen LogP contribution in [0.25, 0.3) is 0 Å². The van der Waals surface area contributed by atoms with Crippen LogP contribution in [-0.2, 0) is 6.42 Å². The number of carbonyl (C=O) groups excluding carboxylic acids is 1. The molecule has 0 aliphatic carbocycles. The van der Waals surface area contributed by atoms with Crippen LogP contribution in [0.3, 0.4) is 0 Å². The van der Waals surface area contributed by atoms with Gasteiger partial charge in [0.2, 0.25) is 0 Å². The van der Waals surface area contributed by atoms with Gasteiger partial charge in [-0.05, 0) is 42.9 Å². The van der Waals surface area contributed by atoms with Gasteiger partial charge >= 0.3 is 6.03 Å². The Morgan fingerprint density at radius 2 is 1.64 bits per heavy atom. The maximum Gasteiger partial charge on any atom is 0.318 e. The lowest BCUT2D eigenvalue weighted by molar-refractivity contribution is 0.171. The SMILES string of the molecule is O=C(NCC#Cc1ccccc1)N1CCC(Cc2ccccc2)CC1. The molecule has 25 heavy (non-hydrogen) atoms. The topological polar surface area (TPSA) is 32.3 Å². The van der Waals surface area contributed by atoms with Gasteiger partial charge in [0.1, 0.15) is 0 Å². The number of piperidine rings is 1. The zero-order valence-electron chi connectivity index (χ0n) is 14.4. The van der Waals surface area contributed by atoms with Crippen molar-refractivity contribution in [2.75, 3.05) is 19.6 Å². The number of benzene rings is 2. The van der Waals surface area contributed by atoms with Crippen LogP contribution >= 0.6 is 0 Å². The molecule has 0 aromatic heterocycles. The van der Waals surface area contributed by atoms with Gasteiger partial charge in [-0.3, -0.25) is 0 Å². The summed E-state index contributed by atoms with van der Waals surface area (Å²) in [5, 5.41) is 2.90. The first-order valence-electron chi connectivity index (χ1n) is 8.92. The molecular formula is C22H24N2O. The van der Waals surface area contributed by atoms with Gasteiger partial charge in [0.05, 0.1) is 6.54 Å². The van der Waals surface area contributed by atoms with Crippen molar-refractivity contribution in [3.8, 4) is 11.8 Å². The average molecular weight is 332 g/mol. The zero-order valence-corrected chi connectivity index (χ0v) is 14.4. The molecule has 1 saturated heterocycles. The number of hydrogen-bond acceptors (Lipinski definition) is 1. The summed E-state index contributed by atoms with van der Waals surface area (Å²) in [6.07, 6.45) is 3.24. The normalized spacial score (nSPS) is 14.5. The summed E-state index contributed by atoms with van der Waals surface area (Å²) in [5.74, 6) is 6.73. The molecule has 2 amide bonds. The molecule has 0 unspecified atom stereocenters. The van der Waals surface area contributed by atoms with Crippen molar-refractivity contribution in [2.45, 2.75) is 19.3 Å². The highest BCUT2D eigenvalue weighted by Crippen LogP contribution is 2.21. The van der Waals surface area contributed by atoms with Crippen molar-refractivity contribution in [2.24, 2.45) is 5.92 Å². The molecule has 1 aliphatic heterocycles. The van der Waals surface area contributed by atoms with E-state index in [2.05, 4.69) is 47.5 Å². The molecule has 3 nitrogen and oxygen atoms in total. The van der Waals surface area contributed by atoms with Crippen molar-refractivity contribution < 1.29 is 4.79 Å². The second-order valence-electron chi connectivity index (χ2n) is 6.45. The Hall–Kier alpha value is -2.73. The van der Waals surface area contributed by atoms with Crippen molar-refractivity contribution in [1.82, 2.24) is 10.2 Å². The van der Waals surface area contributed by atoms with E-state index in [-0.39, 0.29) is 6.03 Å². The molecular weight excluding hydrogens is 308 g/mol. The molecule has 0 bridgehead atoms. The van der Waals surface area contributed by atoms with Crippen LogP contribution in [0.5, 0.6) is 0 Å². The van der Waals surface area contributed by atoms with Crippen LogP contribution in [0.1, 0.15) is 24.0 Å². The van der Waals surface area contributed by atoms with Gasteiger partial charge in [-0.15, -0.1) is 0 Å². The van der Waals surface area contributed by atoms with E-state index in [0.29, 0.717) is 12.5 Å². The molecule has 0 saturated carbocycles. The fourth-order valence-electron chi connectivity index (χ4n) is 3.19. The lowest BCUT2D eigenvalue weighted by atomic mass is 9.90. The third kappa shape index (κ3) is 5.39. The third-order valence-corrected chi connectivity index (χ3v) is 4.60. The Morgan fingerprint density at radius 3 is 2.32 bits per heavy atom. The molecule has 3 rings (SSSR count). The summed E-state index contributed by atoms with van der Waals surface area (Å²) in [6.45, 7) is 2.04. The minimum absolute atomic E-state index is 0.000484. The average Bonchev–Trinajstić information content (AvgIpc) is 2.67. The summed E-state index contributed by atoms with van der Waals surface area (Å²) in [5.41, 5.74) is 2.36. The molecule has 1 aliphatic rings. The van der Waals surface area contributed by atoms with E-state index in [1.54, 1.807) is 0 Å². The quantitative estimate of drug-likeness (QED) is 0.854. The first-order valence-corrected chi connectivity index (χ1v) is 8.92. The number of carbonyl (C=O) groups is 1. The summed E-state index contributed by atoms with van der Waals surface area (Å²) in [4.78, 5) is 14.1. The van der Waals surface area contributed by atoms with Crippen LogP contribution in [-0.4, -0.2) is 30.6 Å². The number of rotatable bonds is 3. The van der Waals surface area contributed by atoms with Crippen LogP contribution in [0.15, 0.2) is 60.7 Å². The van der Waals surface area contributed by atoms with Crippen molar-refractivity contribution in [3.05, 3.63) is 71.8 Å². The van der Waals surface area contributed by atoms with Crippen LogP contribution < -0.4 is 5.32 Å². The highest BCUT2D eigenvalue weighted by atomic mass is 16.2. The van der Waals surface area contributed by atoms with E-state index in [9.17, 15) is 4.79 Å². The molecule has 3 heteroatoms. The first kappa shape index (κ1) is 17.1. The number of likely N-dealkylation sites (tertiary alicyclic amines) is 1. The number of hydrogen-bond donors (Lipinski definition) is 1. The van der Waals surface area contributed by atoms with Crippen LogP contribution in [0.2, 0.25) is 0 Å². The first-order chi connectivity index (χ1) is 12.3. The molecule has 0 radical (unpaired) electrons. The minimum atomic E-state index is 0.000484. The van der Waals surface area contributed by atoms with Crippen molar-refractivity contribution in [3.63, 3.8) is 0 Å². The van der Waals surface area contributed by atoms with E-state index < -0.39 is 0 Å². The minimum Gasteiger partial charge on any atom is -0.327 e. The Kier molecular flexibility index (Phi) is 6.11. The smallest absolute Gasteiger partial charge is 0.318 e. The summed E-state index contributed by atoms with van der Waals surface area (Å²) >= 11 is 0. The van der Waals surface area contributed by atoms with Gasteiger partial charge in [-0.25, -0.2) is 4.79 Å². The van der Waals surface area contributed by atoms with Gasteiger partial charge in [-0.1, -0.05) is 60.4 Å². The number of amides is 2. The zero-order chi connectivity index (χ0) is 17.3. The molecule has 2 aromatic rings.